The summed E-state index contributed by atoms with van der Waals surface area (Å²) in [5.74, 6) is 0. The van der Waals surface area contributed by atoms with Crippen molar-refractivity contribution in [2.75, 3.05) is 0 Å². The van der Waals surface area contributed by atoms with Gasteiger partial charge in [-0.1, -0.05) is 23.2 Å². The summed E-state index contributed by atoms with van der Waals surface area (Å²) in [5.41, 5.74) is 8.00. The molecule has 0 amide bonds. The van der Waals surface area contributed by atoms with Crippen molar-refractivity contribution in [3.63, 3.8) is 0 Å². The zero-order valence-electron chi connectivity index (χ0n) is 10.2. The molecule has 0 fully saturated rings. The Morgan fingerprint density at radius 1 is 1.44 bits per heavy atom. The molecule has 1 atom stereocenters. The van der Waals surface area contributed by atoms with Crippen molar-refractivity contribution >= 4 is 34.5 Å². The van der Waals surface area contributed by atoms with E-state index in [0.717, 1.165) is 11.3 Å². The van der Waals surface area contributed by atoms with E-state index in [4.69, 9.17) is 28.9 Å². The Labute approximate surface area is 121 Å². The highest BCUT2D eigenvalue weighted by Crippen LogP contribution is 2.35. The lowest BCUT2D eigenvalue weighted by Gasteiger charge is -2.09. The minimum atomic E-state index is -0.170. The highest BCUT2D eigenvalue weighted by atomic mass is 35.5. The van der Waals surface area contributed by atoms with Crippen LogP contribution in [0.5, 0.6) is 0 Å². The third-order valence-electron chi connectivity index (χ3n) is 2.70. The van der Waals surface area contributed by atoms with Crippen LogP contribution < -0.4 is 5.73 Å². The Hall–Kier alpha value is -0.550. The summed E-state index contributed by atoms with van der Waals surface area (Å²) < 4.78 is 3.25. The van der Waals surface area contributed by atoms with Crippen LogP contribution in [0.4, 0.5) is 0 Å². The van der Waals surface area contributed by atoms with Gasteiger partial charge in [-0.2, -0.15) is 5.10 Å². The molecule has 0 bridgehead atoms. The molecule has 0 aromatic carbocycles. The predicted molar refractivity (Wildman–Crippen MR) is 77.6 cm³/mol. The number of thiophene rings is 1. The van der Waals surface area contributed by atoms with Crippen LogP contribution >= 0.6 is 34.5 Å². The van der Waals surface area contributed by atoms with Gasteiger partial charge in [0, 0.05) is 30.3 Å². The molecule has 2 aromatic heterocycles. The zero-order chi connectivity index (χ0) is 13.3. The first-order valence-corrected chi connectivity index (χ1v) is 7.29. The van der Waals surface area contributed by atoms with Crippen LogP contribution in [0.25, 0.3) is 0 Å². The molecule has 0 saturated carbocycles. The normalized spacial score (nSPS) is 13.2. The number of nitrogens with zero attached hydrogens (tertiary/aromatic N) is 2. The molecule has 2 aromatic rings. The third-order valence-corrected chi connectivity index (χ3v) is 4.22. The van der Waals surface area contributed by atoms with Crippen molar-refractivity contribution < 1.29 is 0 Å². The standard InChI is InChI=1S/C12H15Cl2N3S/c1-7(2)17-4-3-8(16-17)5-10(15)9-6-11(13)18-12(9)14/h3-4,6-7,10H,5,15H2,1-2H3. The Balaban J connectivity index is 2.11. The number of halogens is 2. The average molecular weight is 304 g/mol. The SMILES string of the molecule is CC(C)n1ccc(CC(N)c2cc(Cl)sc2Cl)n1. The molecule has 0 aliphatic heterocycles. The summed E-state index contributed by atoms with van der Waals surface area (Å²) in [7, 11) is 0. The summed E-state index contributed by atoms with van der Waals surface area (Å²) in [6.07, 6.45) is 2.63. The Morgan fingerprint density at radius 3 is 2.67 bits per heavy atom. The lowest BCUT2D eigenvalue weighted by molar-refractivity contribution is 0.522. The van der Waals surface area contributed by atoms with Gasteiger partial charge in [0.25, 0.3) is 0 Å². The molecule has 6 heteroatoms. The fraction of sp³-hybridized carbons (Fsp3) is 0.417. The minimum Gasteiger partial charge on any atom is -0.324 e. The van der Waals surface area contributed by atoms with Crippen molar-refractivity contribution in [1.29, 1.82) is 0 Å². The first-order valence-electron chi connectivity index (χ1n) is 5.71. The van der Waals surface area contributed by atoms with E-state index in [9.17, 15) is 0 Å². The van der Waals surface area contributed by atoms with E-state index in [1.54, 1.807) is 0 Å². The smallest absolute Gasteiger partial charge is 0.0992 e. The molecule has 2 heterocycles. The van der Waals surface area contributed by atoms with Crippen LogP contribution in [-0.4, -0.2) is 9.78 Å². The van der Waals surface area contributed by atoms with Gasteiger partial charge in [-0.05, 0) is 26.0 Å². The Bertz CT molecular complexity index is 533. The first kappa shape index (κ1) is 13.9. The summed E-state index contributed by atoms with van der Waals surface area (Å²) in [6, 6.07) is 4.01. The molecule has 0 aliphatic rings. The van der Waals surface area contributed by atoms with E-state index >= 15 is 0 Å². The van der Waals surface area contributed by atoms with Gasteiger partial charge in [-0.3, -0.25) is 4.68 Å². The maximum absolute atomic E-state index is 6.14. The lowest BCUT2D eigenvalue weighted by Crippen LogP contribution is -2.13. The van der Waals surface area contributed by atoms with Crippen LogP contribution in [-0.2, 0) is 6.42 Å². The second-order valence-electron chi connectivity index (χ2n) is 4.47. The van der Waals surface area contributed by atoms with Gasteiger partial charge in [0.05, 0.1) is 14.4 Å². The van der Waals surface area contributed by atoms with E-state index < -0.39 is 0 Å². The highest BCUT2D eigenvalue weighted by molar-refractivity contribution is 7.20. The van der Waals surface area contributed by atoms with E-state index in [2.05, 4.69) is 18.9 Å². The molecule has 98 valence electrons. The van der Waals surface area contributed by atoms with Gasteiger partial charge in [0.2, 0.25) is 0 Å². The molecule has 2 N–H and O–H groups in total. The average Bonchev–Trinajstić information content (AvgIpc) is 2.85. The van der Waals surface area contributed by atoms with Crippen LogP contribution in [0.3, 0.4) is 0 Å². The maximum Gasteiger partial charge on any atom is 0.0992 e. The van der Waals surface area contributed by atoms with Gasteiger partial charge in [-0.15, -0.1) is 11.3 Å². The van der Waals surface area contributed by atoms with Crippen molar-refractivity contribution in [3.05, 3.63) is 38.3 Å². The maximum atomic E-state index is 6.14. The molecular formula is C12H15Cl2N3S. The Morgan fingerprint density at radius 2 is 2.17 bits per heavy atom. The summed E-state index contributed by atoms with van der Waals surface area (Å²) in [6.45, 7) is 4.18. The van der Waals surface area contributed by atoms with Crippen molar-refractivity contribution in [1.82, 2.24) is 9.78 Å². The highest BCUT2D eigenvalue weighted by Gasteiger charge is 2.15. The molecule has 0 radical (unpaired) electrons. The van der Waals surface area contributed by atoms with Crippen molar-refractivity contribution in [2.24, 2.45) is 5.73 Å². The van der Waals surface area contributed by atoms with E-state index in [1.807, 2.05) is 23.0 Å². The molecule has 0 spiro atoms. The van der Waals surface area contributed by atoms with Crippen LogP contribution in [0.1, 0.15) is 37.2 Å². The first-order chi connectivity index (χ1) is 8.47. The van der Waals surface area contributed by atoms with E-state index in [0.29, 0.717) is 21.1 Å². The second-order valence-corrected chi connectivity index (χ2v) is 6.76. The number of rotatable bonds is 4. The number of hydrogen-bond donors (Lipinski definition) is 1. The van der Waals surface area contributed by atoms with E-state index in [1.165, 1.54) is 11.3 Å². The Kier molecular flexibility index (Phi) is 4.33. The predicted octanol–water partition coefficient (Wildman–Crippen LogP) is 4.07. The third kappa shape index (κ3) is 3.06. The van der Waals surface area contributed by atoms with Gasteiger partial charge < -0.3 is 5.73 Å². The summed E-state index contributed by atoms with van der Waals surface area (Å²) in [4.78, 5) is 0. The van der Waals surface area contributed by atoms with Gasteiger partial charge >= 0.3 is 0 Å². The summed E-state index contributed by atoms with van der Waals surface area (Å²) in [5, 5.41) is 4.48. The molecule has 2 rings (SSSR count). The molecule has 0 saturated heterocycles. The number of nitrogens with two attached hydrogens (primary N) is 1. The lowest BCUT2D eigenvalue weighted by atomic mass is 10.1. The number of aromatic nitrogens is 2. The molecule has 3 nitrogen and oxygen atoms in total. The van der Waals surface area contributed by atoms with Crippen LogP contribution in [0.2, 0.25) is 8.67 Å². The quantitative estimate of drug-likeness (QED) is 0.925. The largest absolute Gasteiger partial charge is 0.324 e. The molecule has 1 unspecified atom stereocenters. The fourth-order valence-electron chi connectivity index (χ4n) is 1.71. The zero-order valence-corrected chi connectivity index (χ0v) is 12.6. The minimum absolute atomic E-state index is 0.170. The van der Waals surface area contributed by atoms with Crippen molar-refractivity contribution in [3.8, 4) is 0 Å². The molecule has 18 heavy (non-hydrogen) atoms. The summed E-state index contributed by atoms with van der Waals surface area (Å²) >= 11 is 13.4. The molecular weight excluding hydrogens is 289 g/mol. The van der Waals surface area contributed by atoms with Gasteiger partial charge in [0.1, 0.15) is 0 Å². The van der Waals surface area contributed by atoms with E-state index in [-0.39, 0.29) is 6.04 Å². The monoisotopic (exact) mass is 303 g/mol. The van der Waals surface area contributed by atoms with Gasteiger partial charge in [-0.25, -0.2) is 0 Å². The number of hydrogen-bond acceptors (Lipinski definition) is 3. The van der Waals surface area contributed by atoms with Crippen LogP contribution in [0, 0.1) is 0 Å². The van der Waals surface area contributed by atoms with Crippen LogP contribution in [0.15, 0.2) is 18.3 Å². The topological polar surface area (TPSA) is 43.8 Å². The molecule has 0 aliphatic carbocycles. The fourth-order valence-corrected chi connectivity index (χ4v) is 3.31. The second kappa shape index (κ2) is 5.61. The van der Waals surface area contributed by atoms with Gasteiger partial charge in [0.15, 0.2) is 0 Å². The van der Waals surface area contributed by atoms with Crippen molar-refractivity contribution in [2.45, 2.75) is 32.4 Å².